The number of aliphatic carboxylic acids is 2. The third-order valence-corrected chi connectivity index (χ3v) is 3.98. The molecule has 0 saturated carbocycles. The van der Waals surface area contributed by atoms with Gasteiger partial charge < -0.3 is 10.2 Å². The topological polar surface area (TPSA) is 109 Å². The van der Waals surface area contributed by atoms with Crippen LogP contribution in [0.1, 0.15) is 27.1 Å². The Morgan fingerprint density at radius 1 is 0.909 bits per heavy atom. The van der Waals surface area contributed by atoms with Crippen LogP contribution in [0.3, 0.4) is 0 Å². The number of carbonyl (C=O) groups is 4. The minimum absolute atomic E-state index is 0.0711. The summed E-state index contributed by atoms with van der Waals surface area (Å²) < 4.78 is 0. The van der Waals surface area contributed by atoms with Crippen molar-refractivity contribution in [2.45, 2.75) is 6.42 Å². The van der Waals surface area contributed by atoms with Gasteiger partial charge in [0.25, 0.3) is 0 Å². The van der Waals surface area contributed by atoms with Crippen LogP contribution in [0.15, 0.2) is 47.6 Å². The largest absolute Gasteiger partial charge is 0.480 e. The monoisotopic (exact) mass is 298 g/mol. The maximum Gasteiger partial charge on any atom is 0.325 e. The Labute approximate surface area is 124 Å². The molecule has 0 unspecified atom stereocenters. The number of carbonyl (C=O) groups excluding carboxylic acids is 2. The number of allylic oxidation sites excluding steroid dienone is 3. The molecule has 0 aromatic heterocycles. The summed E-state index contributed by atoms with van der Waals surface area (Å²) in [6.07, 6.45) is 1.74. The molecule has 0 spiro atoms. The maximum absolute atomic E-state index is 12.5. The van der Waals surface area contributed by atoms with E-state index >= 15 is 0 Å². The second kappa shape index (κ2) is 4.49. The lowest BCUT2D eigenvalue weighted by molar-refractivity contribution is -0.160. The van der Waals surface area contributed by atoms with Gasteiger partial charge in [0.1, 0.15) is 0 Å². The van der Waals surface area contributed by atoms with Crippen LogP contribution in [-0.2, 0) is 9.59 Å². The van der Waals surface area contributed by atoms with Crippen LogP contribution in [-0.4, -0.2) is 33.7 Å². The fourth-order valence-corrected chi connectivity index (χ4v) is 2.72. The first-order valence-corrected chi connectivity index (χ1v) is 6.47. The number of hydrogen-bond donors (Lipinski definition) is 2. The number of carboxylic acid groups (broad SMARTS) is 2. The summed E-state index contributed by atoms with van der Waals surface area (Å²) in [5.74, 6) is -4.07. The van der Waals surface area contributed by atoms with Gasteiger partial charge >= 0.3 is 11.9 Å². The Kier molecular flexibility index (Phi) is 2.84. The highest BCUT2D eigenvalue weighted by Gasteiger charge is 2.48. The number of carboxylic acids is 2. The summed E-state index contributed by atoms with van der Waals surface area (Å²) in [4.78, 5) is 47.6. The van der Waals surface area contributed by atoms with Crippen molar-refractivity contribution in [1.29, 1.82) is 0 Å². The Hall–Kier alpha value is -3.02. The fourth-order valence-electron chi connectivity index (χ4n) is 2.72. The van der Waals surface area contributed by atoms with Gasteiger partial charge in [-0.05, 0) is 12.5 Å². The van der Waals surface area contributed by atoms with E-state index in [0.717, 1.165) is 6.08 Å². The molecule has 6 nitrogen and oxygen atoms in total. The van der Waals surface area contributed by atoms with E-state index in [1.807, 2.05) is 0 Å². The molecule has 22 heavy (non-hydrogen) atoms. The van der Waals surface area contributed by atoms with Gasteiger partial charge in [0.05, 0.1) is 0 Å². The van der Waals surface area contributed by atoms with E-state index in [2.05, 4.69) is 0 Å². The van der Waals surface area contributed by atoms with Gasteiger partial charge in [-0.1, -0.05) is 30.3 Å². The summed E-state index contributed by atoms with van der Waals surface area (Å²) >= 11 is 0. The van der Waals surface area contributed by atoms with Crippen LogP contribution < -0.4 is 0 Å². The fraction of sp³-hybridized carbons (Fsp3) is 0.125. The molecule has 0 atom stereocenters. The lowest BCUT2D eigenvalue weighted by atomic mass is 9.71. The summed E-state index contributed by atoms with van der Waals surface area (Å²) in [6.45, 7) is 0. The molecule has 0 aliphatic heterocycles. The van der Waals surface area contributed by atoms with Crippen molar-refractivity contribution in [3.05, 3.63) is 58.7 Å². The van der Waals surface area contributed by atoms with Crippen LogP contribution in [0.4, 0.5) is 0 Å². The molecular weight excluding hydrogens is 288 g/mol. The molecule has 0 saturated heterocycles. The lowest BCUT2D eigenvalue weighted by Crippen LogP contribution is -2.40. The van der Waals surface area contributed by atoms with E-state index in [0.29, 0.717) is 0 Å². The molecule has 2 aliphatic carbocycles. The van der Waals surface area contributed by atoms with Crippen LogP contribution in [0.25, 0.3) is 0 Å². The number of hydrogen-bond acceptors (Lipinski definition) is 4. The highest BCUT2D eigenvalue weighted by atomic mass is 16.4. The minimum Gasteiger partial charge on any atom is -0.480 e. The zero-order valence-electron chi connectivity index (χ0n) is 11.2. The second-order valence-corrected chi connectivity index (χ2v) is 5.17. The zero-order valence-corrected chi connectivity index (χ0v) is 11.2. The first-order chi connectivity index (χ1) is 10.4. The Morgan fingerprint density at radius 3 is 1.91 bits per heavy atom. The van der Waals surface area contributed by atoms with Crippen molar-refractivity contribution < 1.29 is 29.4 Å². The van der Waals surface area contributed by atoms with Crippen LogP contribution in [0.5, 0.6) is 0 Å². The van der Waals surface area contributed by atoms with E-state index in [9.17, 15) is 29.4 Å². The van der Waals surface area contributed by atoms with Gasteiger partial charge in [0.15, 0.2) is 17.0 Å². The van der Waals surface area contributed by atoms with Gasteiger partial charge in [-0.25, -0.2) is 0 Å². The van der Waals surface area contributed by atoms with Gasteiger partial charge in [0, 0.05) is 22.3 Å². The molecular formula is C16H10O6. The number of Topliss-reactive ketones (excluding diaryl/α,β-unsaturated/α-hetero) is 2. The van der Waals surface area contributed by atoms with E-state index in [1.165, 1.54) is 18.2 Å². The number of ketones is 2. The first-order valence-electron chi connectivity index (χ1n) is 6.47. The third kappa shape index (κ3) is 1.67. The van der Waals surface area contributed by atoms with Gasteiger partial charge in [-0.2, -0.15) is 0 Å². The average molecular weight is 298 g/mol. The van der Waals surface area contributed by atoms with E-state index in [1.54, 1.807) is 12.1 Å². The van der Waals surface area contributed by atoms with E-state index in [4.69, 9.17) is 0 Å². The van der Waals surface area contributed by atoms with E-state index < -0.39 is 28.9 Å². The second-order valence-electron chi connectivity index (χ2n) is 5.17. The number of fused-ring (bicyclic) bond motifs is 2. The minimum atomic E-state index is -2.22. The van der Waals surface area contributed by atoms with Crippen molar-refractivity contribution in [3.63, 3.8) is 0 Å². The normalized spacial score (nSPS) is 18.7. The standard InChI is InChI=1S/C16H10O6/c17-12-8-3-1-2-4-9(8)13(18)11-7-16(14(19)20,15(21)22)6-5-10(11)12/h1-5,7H,6H2,(H,19,20)(H,21,22). The van der Waals surface area contributed by atoms with Crippen LogP contribution >= 0.6 is 0 Å². The SMILES string of the molecule is O=C1C2=CCC(C(=O)O)(C(=O)O)C=C2C(=O)c2ccccc21. The molecule has 0 bridgehead atoms. The highest BCUT2D eigenvalue weighted by Crippen LogP contribution is 2.39. The molecule has 0 radical (unpaired) electrons. The molecule has 0 amide bonds. The third-order valence-electron chi connectivity index (χ3n) is 3.98. The summed E-state index contributed by atoms with van der Waals surface area (Å²) in [7, 11) is 0. The predicted octanol–water partition coefficient (Wildman–Crippen LogP) is 1.48. The first kappa shape index (κ1) is 13.9. The quantitative estimate of drug-likeness (QED) is 0.800. The molecule has 1 aromatic rings. The van der Waals surface area contributed by atoms with Gasteiger partial charge in [-0.3, -0.25) is 19.2 Å². The summed E-state index contributed by atoms with van der Waals surface area (Å²) in [5, 5.41) is 18.5. The van der Waals surface area contributed by atoms with Crippen molar-refractivity contribution in [2.24, 2.45) is 5.41 Å². The van der Waals surface area contributed by atoms with Crippen molar-refractivity contribution >= 4 is 23.5 Å². The highest BCUT2D eigenvalue weighted by molar-refractivity contribution is 6.31. The molecule has 3 rings (SSSR count). The molecule has 0 heterocycles. The summed E-state index contributed by atoms with van der Waals surface area (Å²) in [5.41, 5.74) is -1.90. The zero-order chi connectivity index (χ0) is 16.1. The smallest absolute Gasteiger partial charge is 0.325 e. The molecule has 6 heteroatoms. The maximum atomic E-state index is 12.5. The lowest BCUT2D eigenvalue weighted by Gasteiger charge is -2.28. The molecule has 0 fully saturated rings. The molecule has 2 aliphatic rings. The molecule has 110 valence electrons. The van der Waals surface area contributed by atoms with E-state index in [-0.39, 0.29) is 28.7 Å². The van der Waals surface area contributed by atoms with Crippen LogP contribution in [0.2, 0.25) is 0 Å². The molecule has 1 aromatic carbocycles. The van der Waals surface area contributed by atoms with Crippen LogP contribution in [0, 0.1) is 5.41 Å². The van der Waals surface area contributed by atoms with Gasteiger partial charge in [-0.15, -0.1) is 0 Å². The Balaban J connectivity index is 2.24. The van der Waals surface area contributed by atoms with Crippen molar-refractivity contribution in [1.82, 2.24) is 0 Å². The average Bonchev–Trinajstić information content (AvgIpc) is 2.51. The summed E-state index contributed by atoms with van der Waals surface area (Å²) in [6, 6.07) is 6.19. The number of rotatable bonds is 2. The van der Waals surface area contributed by atoms with Crippen molar-refractivity contribution in [3.8, 4) is 0 Å². The predicted molar refractivity (Wildman–Crippen MR) is 73.6 cm³/mol. The van der Waals surface area contributed by atoms with Gasteiger partial charge in [0.2, 0.25) is 0 Å². The number of benzene rings is 1. The Bertz CT molecular complexity index is 798. The Morgan fingerprint density at radius 2 is 1.41 bits per heavy atom. The molecule has 2 N–H and O–H groups in total. The van der Waals surface area contributed by atoms with Crippen molar-refractivity contribution in [2.75, 3.05) is 0 Å².